The van der Waals surface area contributed by atoms with Gasteiger partial charge in [0.05, 0.1) is 28.4 Å². The largest absolute Gasteiger partial charge is 0.309 e. The van der Waals surface area contributed by atoms with E-state index in [1.54, 1.807) is 0 Å². The highest BCUT2D eigenvalue weighted by Crippen LogP contribution is 2.43. The molecule has 0 N–H and O–H groups in total. The van der Waals surface area contributed by atoms with Gasteiger partial charge in [0.2, 0.25) is 0 Å². The van der Waals surface area contributed by atoms with Gasteiger partial charge in [-0.3, -0.25) is 0 Å². The minimum Gasteiger partial charge on any atom is -0.309 e. The van der Waals surface area contributed by atoms with Gasteiger partial charge in [0, 0.05) is 10.8 Å². The lowest BCUT2D eigenvalue weighted by molar-refractivity contribution is 1.09. The number of aromatic nitrogens is 1. The fourth-order valence-corrected chi connectivity index (χ4v) is 5.92. The van der Waals surface area contributed by atoms with Gasteiger partial charge in [-0.2, -0.15) is 5.26 Å². The van der Waals surface area contributed by atoms with Crippen molar-refractivity contribution in [1.29, 1.82) is 5.26 Å². The zero-order chi connectivity index (χ0) is 25.7. The van der Waals surface area contributed by atoms with Gasteiger partial charge in [-0.05, 0) is 96.5 Å². The molecule has 5 aromatic carbocycles. The van der Waals surface area contributed by atoms with Crippen molar-refractivity contribution in [2.24, 2.45) is 0 Å². The summed E-state index contributed by atoms with van der Waals surface area (Å²) < 4.78 is 2.40. The Balaban J connectivity index is 1.74. The van der Waals surface area contributed by atoms with E-state index in [2.05, 4.69) is 123 Å². The van der Waals surface area contributed by atoms with Crippen molar-refractivity contribution in [3.05, 3.63) is 125 Å². The Kier molecular flexibility index (Phi) is 5.43. The highest BCUT2D eigenvalue weighted by molar-refractivity contribution is 6.10. The first-order chi connectivity index (χ1) is 18.0. The smallest absolute Gasteiger partial charge is 0.0991 e. The Morgan fingerprint density at radius 2 is 1.22 bits per heavy atom. The molecule has 0 saturated heterocycles. The predicted octanol–water partition coefficient (Wildman–Crippen LogP) is 9.22. The highest BCUT2D eigenvalue weighted by atomic mass is 15.0. The minimum absolute atomic E-state index is 0.682. The monoisotopic (exact) mass is 476 g/mol. The second kappa shape index (κ2) is 8.80. The van der Waals surface area contributed by atoms with Crippen LogP contribution in [0.3, 0.4) is 0 Å². The molecule has 1 aromatic heterocycles. The van der Waals surface area contributed by atoms with Gasteiger partial charge in [-0.1, -0.05) is 72.8 Å². The Bertz CT molecular complexity index is 1860. The van der Waals surface area contributed by atoms with E-state index in [1.165, 1.54) is 50.2 Å². The molecule has 37 heavy (non-hydrogen) atoms. The van der Waals surface area contributed by atoms with E-state index < -0.39 is 0 Å². The van der Waals surface area contributed by atoms with Crippen LogP contribution in [0.5, 0.6) is 0 Å². The molecule has 1 heterocycles. The molecule has 0 atom stereocenters. The SMILES string of the molecule is Cc1c(C)c(-c2ccccc2-c2ccccc2)c(C)c(-n2c3ccccc3c3cc(C#N)ccc32)c1C. The molecular formula is C35H28N2. The normalized spacial score (nSPS) is 11.2. The summed E-state index contributed by atoms with van der Waals surface area (Å²) in [4.78, 5) is 0. The highest BCUT2D eigenvalue weighted by Gasteiger charge is 2.22. The van der Waals surface area contributed by atoms with Gasteiger partial charge in [-0.15, -0.1) is 0 Å². The van der Waals surface area contributed by atoms with Gasteiger partial charge in [0.15, 0.2) is 0 Å². The molecule has 0 fully saturated rings. The molecule has 178 valence electrons. The van der Waals surface area contributed by atoms with Crippen LogP contribution in [0.2, 0.25) is 0 Å². The van der Waals surface area contributed by atoms with Crippen LogP contribution in [0.1, 0.15) is 27.8 Å². The van der Waals surface area contributed by atoms with Crippen molar-refractivity contribution in [1.82, 2.24) is 4.57 Å². The molecule has 0 saturated carbocycles. The number of fused-ring (bicyclic) bond motifs is 3. The second-order valence-corrected chi connectivity index (χ2v) is 9.83. The molecule has 0 aliphatic rings. The number of para-hydroxylation sites is 1. The fraction of sp³-hybridized carbons (Fsp3) is 0.114. The summed E-state index contributed by atoms with van der Waals surface area (Å²) in [7, 11) is 0. The summed E-state index contributed by atoms with van der Waals surface area (Å²) in [6.45, 7) is 8.99. The Hall–Kier alpha value is -4.61. The zero-order valence-corrected chi connectivity index (χ0v) is 21.6. The maximum atomic E-state index is 9.57. The number of nitriles is 1. The van der Waals surface area contributed by atoms with Crippen molar-refractivity contribution in [3.8, 4) is 34.0 Å². The third-order valence-corrected chi connectivity index (χ3v) is 7.89. The lowest BCUT2D eigenvalue weighted by Crippen LogP contribution is -2.06. The van der Waals surface area contributed by atoms with Crippen molar-refractivity contribution in [3.63, 3.8) is 0 Å². The van der Waals surface area contributed by atoms with Crippen molar-refractivity contribution >= 4 is 21.8 Å². The molecule has 0 radical (unpaired) electrons. The molecule has 0 aliphatic heterocycles. The van der Waals surface area contributed by atoms with Crippen LogP contribution in [-0.2, 0) is 0 Å². The first-order valence-corrected chi connectivity index (χ1v) is 12.7. The molecular weight excluding hydrogens is 448 g/mol. The van der Waals surface area contributed by atoms with E-state index in [0.717, 1.165) is 21.8 Å². The molecule has 2 heteroatoms. The minimum atomic E-state index is 0.682. The third kappa shape index (κ3) is 3.47. The Morgan fingerprint density at radius 3 is 1.97 bits per heavy atom. The number of nitrogens with zero attached hydrogens (tertiary/aromatic N) is 2. The maximum absolute atomic E-state index is 9.57. The summed E-state index contributed by atoms with van der Waals surface area (Å²) in [5.74, 6) is 0. The van der Waals surface area contributed by atoms with E-state index >= 15 is 0 Å². The summed E-state index contributed by atoms with van der Waals surface area (Å²) in [6, 6.07) is 36.3. The fourth-order valence-electron chi connectivity index (χ4n) is 5.92. The maximum Gasteiger partial charge on any atom is 0.0991 e. The average molecular weight is 477 g/mol. The zero-order valence-electron chi connectivity index (χ0n) is 21.6. The van der Waals surface area contributed by atoms with Gasteiger partial charge in [0.1, 0.15) is 0 Å². The molecule has 0 aliphatic carbocycles. The van der Waals surface area contributed by atoms with Gasteiger partial charge >= 0.3 is 0 Å². The summed E-state index contributed by atoms with van der Waals surface area (Å²) >= 11 is 0. The molecule has 6 rings (SSSR count). The summed E-state index contributed by atoms with van der Waals surface area (Å²) in [5.41, 5.74) is 14.3. The van der Waals surface area contributed by atoms with E-state index in [0.29, 0.717) is 5.56 Å². The Labute approximate surface area is 218 Å². The molecule has 6 aromatic rings. The van der Waals surface area contributed by atoms with Gasteiger partial charge in [-0.25, -0.2) is 0 Å². The molecule has 0 amide bonds. The quantitative estimate of drug-likeness (QED) is 0.250. The van der Waals surface area contributed by atoms with E-state index in [4.69, 9.17) is 0 Å². The topological polar surface area (TPSA) is 28.7 Å². The molecule has 2 nitrogen and oxygen atoms in total. The molecule has 0 bridgehead atoms. The van der Waals surface area contributed by atoms with Crippen LogP contribution in [0, 0.1) is 39.0 Å². The first-order valence-electron chi connectivity index (χ1n) is 12.7. The molecule has 0 spiro atoms. The predicted molar refractivity (Wildman–Crippen MR) is 155 cm³/mol. The van der Waals surface area contributed by atoms with Crippen molar-refractivity contribution < 1.29 is 0 Å². The lowest BCUT2D eigenvalue weighted by atomic mass is 9.85. The first kappa shape index (κ1) is 22.8. The van der Waals surface area contributed by atoms with Crippen molar-refractivity contribution in [2.75, 3.05) is 0 Å². The van der Waals surface area contributed by atoms with Gasteiger partial charge < -0.3 is 4.57 Å². The summed E-state index contributed by atoms with van der Waals surface area (Å²) in [5, 5.41) is 11.8. The Morgan fingerprint density at radius 1 is 0.568 bits per heavy atom. The standard InChI is InChI=1S/C35H28N2/c1-22-23(2)34(30-16-9-8-14-28(30)27-12-6-5-7-13-27)25(4)35(24(22)3)37-32-17-11-10-15-29(32)31-20-26(21-36)18-19-33(31)37/h5-20H,1-4H3. The van der Waals surface area contributed by atoms with E-state index in [9.17, 15) is 5.26 Å². The van der Waals surface area contributed by atoms with Crippen LogP contribution in [0.4, 0.5) is 0 Å². The number of benzene rings is 5. The van der Waals surface area contributed by atoms with Gasteiger partial charge in [0.25, 0.3) is 0 Å². The van der Waals surface area contributed by atoms with Crippen LogP contribution in [0.25, 0.3) is 49.7 Å². The third-order valence-electron chi connectivity index (χ3n) is 7.89. The summed E-state index contributed by atoms with van der Waals surface area (Å²) in [6.07, 6.45) is 0. The van der Waals surface area contributed by atoms with E-state index in [-0.39, 0.29) is 0 Å². The van der Waals surface area contributed by atoms with Crippen LogP contribution in [-0.4, -0.2) is 4.57 Å². The molecule has 0 unspecified atom stereocenters. The van der Waals surface area contributed by atoms with Crippen LogP contribution < -0.4 is 0 Å². The van der Waals surface area contributed by atoms with E-state index in [1.807, 2.05) is 12.1 Å². The number of hydrogen-bond donors (Lipinski definition) is 0. The lowest BCUT2D eigenvalue weighted by Gasteiger charge is -2.24. The van der Waals surface area contributed by atoms with Crippen LogP contribution >= 0.6 is 0 Å². The van der Waals surface area contributed by atoms with Crippen LogP contribution in [0.15, 0.2) is 97.1 Å². The average Bonchev–Trinajstić information content (AvgIpc) is 3.26. The second-order valence-electron chi connectivity index (χ2n) is 9.83. The number of rotatable bonds is 3. The van der Waals surface area contributed by atoms with Crippen molar-refractivity contribution in [2.45, 2.75) is 27.7 Å². The number of hydrogen-bond acceptors (Lipinski definition) is 1.